The van der Waals surface area contributed by atoms with E-state index in [1.54, 1.807) is 11.1 Å². The average Bonchev–Trinajstić information content (AvgIpc) is 3.02. The monoisotopic (exact) mass is 316 g/mol. The lowest BCUT2D eigenvalue weighted by Crippen LogP contribution is -2.37. The van der Waals surface area contributed by atoms with Crippen molar-refractivity contribution in [1.82, 2.24) is 9.97 Å². The minimum absolute atomic E-state index is 0.118. The van der Waals surface area contributed by atoms with Gasteiger partial charge < -0.3 is 19.0 Å². The zero-order chi connectivity index (χ0) is 16.4. The Morgan fingerprint density at radius 2 is 2.30 bits per heavy atom. The average molecular weight is 316 g/mol. The molecule has 0 radical (unpaired) electrons. The summed E-state index contributed by atoms with van der Waals surface area (Å²) in [5, 5.41) is 0. The second kappa shape index (κ2) is 6.28. The number of amides is 1. The van der Waals surface area contributed by atoms with Crippen molar-refractivity contribution < 1.29 is 13.9 Å². The van der Waals surface area contributed by atoms with E-state index in [0.29, 0.717) is 13.2 Å². The van der Waals surface area contributed by atoms with Crippen LogP contribution in [0.3, 0.4) is 0 Å². The van der Waals surface area contributed by atoms with Crippen LogP contribution < -0.4 is 14.5 Å². The minimum atomic E-state index is -0.197. The highest BCUT2D eigenvalue weighted by atomic mass is 16.6. The number of oxazole rings is 1. The van der Waals surface area contributed by atoms with Gasteiger partial charge in [-0.25, -0.2) is 4.98 Å². The van der Waals surface area contributed by atoms with Crippen LogP contribution in [0, 0.1) is 0 Å². The maximum Gasteiger partial charge on any atom is 0.394 e. The van der Waals surface area contributed by atoms with Gasteiger partial charge in [-0.1, -0.05) is 0 Å². The predicted molar refractivity (Wildman–Crippen MR) is 86.2 cm³/mol. The Balaban J connectivity index is 1.97. The third-order valence-corrected chi connectivity index (χ3v) is 3.73. The first-order valence-corrected chi connectivity index (χ1v) is 7.67. The normalized spacial score (nSPS) is 13.6. The Morgan fingerprint density at radius 1 is 1.48 bits per heavy atom. The summed E-state index contributed by atoms with van der Waals surface area (Å²) >= 11 is 0. The Kier molecular flexibility index (Phi) is 4.18. The van der Waals surface area contributed by atoms with E-state index in [1.807, 2.05) is 32.0 Å². The van der Waals surface area contributed by atoms with Gasteiger partial charge in [0.05, 0.1) is 12.3 Å². The van der Waals surface area contributed by atoms with E-state index < -0.39 is 0 Å². The first-order valence-electron chi connectivity index (χ1n) is 7.67. The molecule has 0 aromatic carbocycles. The van der Waals surface area contributed by atoms with Crippen LogP contribution in [0.2, 0.25) is 0 Å². The molecule has 23 heavy (non-hydrogen) atoms. The smallest absolute Gasteiger partial charge is 0.394 e. The van der Waals surface area contributed by atoms with Gasteiger partial charge in [-0.05, 0) is 31.4 Å². The van der Waals surface area contributed by atoms with E-state index in [-0.39, 0.29) is 17.7 Å². The molecule has 122 valence electrons. The van der Waals surface area contributed by atoms with Crippen LogP contribution in [-0.2, 0) is 6.42 Å². The summed E-state index contributed by atoms with van der Waals surface area (Å²) in [5.74, 6) is 0.584. The number of pyridine rings is 1. The fraction of sp³-hybridized carbons (Fsp3) is 0.438. The van der Waals surface area contributed by atoms with E-state index in [4.69, 9.17) is 9.15 Å². The van der Waals surface area contributed by atoms with Crippen molar-refractivity contribution in [3.8, 4) is 6.08 Å². The van der Waals surface area contributed by atoms with Crippen molar-refractivity contribution in [2.75, 3.05) is 37.0 Å². The van der Waals surface area contributed by atoms with Crippen molar-refractivity contribution in [1.29, 1.82) is 0 Å². The molecule has 1 amide bonds. The molecule has 7 heteroatoms. The molecule has 0 N–H and O–H groups in total. The lowest BCUT2D eigenvalue weighted by Gasteiger charge is -2.31. The Hall–Kier alpha value is -2.57. The van der Waals surface area contributed by atoms with E-state index in [9.17, 15) is 4.79 Å². The van der Waals surface area contributed by atoms with Crippen LogP contribution in [0.15, 0.2) is 22.9 Å². The van der Waals surface area contributed by atoms with Crippen molar-refractivity contribution >= 4 is 17.4 Å². The number of rotatable bonds is 4. The summed E-state index contributed by atoms with van der Waals surface area (Å²) in [7, 11) is 3.84. The third kappa shape index (κ3) is 2.86. The summed E-state index contributed by atoms with van der Waals surface area (Å²) in [6.45, 7) is 2.91. The van der Waals surface area contributed by atoms with Crippen molar-refractivity contribution in [2.24, 2.45) is 0 Å². The number of anilines is 2. The minimum Gasteiger partial charge on any atom is -0.450 e. The number of hydrogen-bond donors (Lipinski definition) is 0. The lowest BCUT2D eigenvalue weighted by molar-refractivity contribution is 0.0980. The number of aromatic nitrogens is 2. The second-order valence-electron chi connectivity index (χ2n) is 5.53. The number of nitrogens with zero attached hydrogens (tertiary/aromatic N) is 4. The van der Waals surface area contributed by atoms with Crippen LogP contribution >= 0.6 is 0 Å². The molecular formula is C16H20N4O3. The molecule has 0 spiro atoms. The van der Waals surface area contributed by atoms with Crippen molar-refractivity contribution in [3.63, 3.8) is 0 Å². The van der Waals surface area contributed by atoms with Gasteiger partial charge in [0.15, 0.2) is 11.5 Å². The molecule has 0 saturated carbocycles. The topological polar surface area (TPSA) is 71.7 Å². The van der Waals surface area contributed by atoms with E-state index >= 15 is 0 Å². The van der Waals surface area contributed by atoms with Crippen LogP contribution in [0.4, 0.5) is 11.5 Å². The molecule has 1 aliphatic heterocycles. The molecular weight excluding hydrogens is 296 g/mol. The molecule has 0 unspecified atom stereocenters. The number of hydrogen-bond acceptors (Lipinski definition) is 6. The quantitative estimate of drug-likeness (QED) is 0.860. The summed E-state index contributed by atoms with van der Waals surface area (Å²) in [5.41, 5.74) is 2.22. The number of ether oxygens (including phenoxy) is 1. The van der Waals surface area contributed by atoms with Gasteiger partial charge in [-0.15, -0.1) is 0 Å². The zero-order valence-electron chi connectivity index (χ0n) is 13.6. The van der Waals surface area contributed by atoms with Gasteiger partial charge in [-0.3, -0.25) is 4.79 Å². The predicted octanol–water partition coefficient (Wildman–Crippen LogP) is 2.13. The molecule has 1 aliphatic rings. The fourth-order valence-corrected chi connectivity index (χ4v) is 2.73. The maximum atomic E-state index is 12.9. The summed E-state index contributed by atoms with van der Waals surface area (Å²) in [6, 6.07) is 1.97. The van der Waals surface area contributed by atoms with E-state index in [0.717, 1.165) is 29.9 Å². The van der Waals surface area contributed by atoms with Gasteiger partial charge in [0.1, 0.15) is 6.26 Å². The third-order valence-electron chi connectivity index (χ3n) is 3.73. The van der Waals surface area contributed by atoms with Crippen LogP contribution in [0.1, 0.15) is 29.4 Å². The SMILES string of the molecule is CCOc1nc(C(=O)N2CCCc3ccnc(N(C)C)c32)co1. The highest BCUT2D eigenvalue weighted by molar-refractivity contribution is 6.07. The molecule has 3 rings (SSSR count). The molecule has 3 heterocycles. The van der Waals surface area contributed by atoms with Gasteiger partial charge >= 0.3 is 6.08 Å². The molecule has 0 aliphatic carbocycles. The van der Waals surface area contributed by atoms with Gasteiger partial charge in [-0.2, -0.15) is 4.98 Å². The molecule has 0 atom stereocenters. The molecule has 7 nitrogen and oxygen atoms in total. The number of carbonyl (C=O) groups excluding carboxylic acids is 1. The van der Waals surface area contributed by atoms with Crippen LogP contribution in [0.25, 0.3) is 0 Å². The highest BCUT2D eigenvalue weighted by Gasteiger charge is 2.29. The molecule has 2 aromatic rings. The Morgan fingerprint density at radius 3 is 3.04 bits per heavy atom. The van der Waals surface area contributed by atoms with Gasteiger partial charge in [0.25, 0.3) is 5.91 Å². The standard InChI is InChI=1S/C16H20N4O3/c1-4-22-16-18-12(10-23-16)15(21)20-9-5-6-11-7-8-17-14(13(11)20)19(2)3/h7-8,10H,4-6,9H2,1-3H3. The van der Waals surface area contributed by atoms with Crippen LogP contribution in [-0.4, -0.2) is 43.1 Å². The second-order valence-corrected chi connectivity index (χ2v) is 5.53. The zero-order valence-corrected chi connectivity index (χ0v) is 13.6. The summed E-state index contributed by atoms with van der Waals surface area (Å²) < 4.78 is 10.4. The van der Waals surface area contributed by atoms with E-state index in [2.05, 4.69) is 9.97 Å². The molecule has 0 fully saturated rings. The largest absolute Gasteiger partial charge is 0.450 e. The fourth-order valence-electron chi connectivity index (χ4n) is 2.73. The Labute approximate surface area is 134 Å². The molecule has 0 saturated heterocycles. The number of fused-ring (bicyclic) bond motifs is 1. The summed E-state index contributed by atoms with van der Waals surface area (Å²) in [6.07, 6.45) is 5.09. The number of aryl methyl sites for hydroxylation is 1. The molecule has 0 bridgehead atoms. The highest BCUT2D eigenvalue weighted by Crippen LogP contribution is 2.35. The van der Waals surface area contributed by atoms with Gasteiger partial charge in [0, 0.05) is 26.8 Å². The van der Waals surface area contributed by atoms with Gasteiger partial charge in [0.2, 0.25) is 0 Å². The first-order chi connectivity index (χ1) is 11.1. The first kappa shape index (κ1) is 15.3. The maximum absolute atomic E-state index is 12.9. The van der Waals surface area contributed by atoms with Crippen LogP contribution in [0.5, 0.6) is 6.08 Å². The Bertz CT molecular complexity index is 711. The van der Waals surface area contributed by atoms with Crippen molar-refractivity contribution in [2.45, 2.75) is 19.8 Å². The molecule has 2 aromatic heterocycles. The summed E-state index contributed by atoms with van der Waals surface area (Å²) in [4.78, 5) is 25.0. The lowest BCUT2D eigenvalue weighted by atomic mass is 10.0. The number of carbonyl (C=O) groups is 1. The van der Waals surface area contributed by atoms with E-state index in [1.165, 1.54) is 6.26 Å². The van der Waals surface area contributed by atoms with Crippen molar-refractivity contribution in [3.05, 3.63) is 29.8 Å².